The second-order valence-corrected chi connectivity index (χ2v) is 4.11. The summed E-state index contributed by atoms with van der Waals surface area (Å²) in [5.41, 5.74) is 5.60. The second-order valence-electron chi connectivity index (χ2n) is 2.72. The monoisotopic (exact) mass is 233 g/mol. The predicted molar refractivity (Wildman–Crippen MR) is 53.8 cm³/mol. The fraction of sp³-hybridized carbons (Fsp3) is 0.250. The van der Waals surface area contributed by atoms with Crippen LogP contribution in [0.2, 0.25) is 0 Å². The summed E-state index contributed by atoms with van der Waals surface area (Å²) in [6.45, 7) is 0. The molecule has 84 valence electrons. The molecule has 0 bridgehead atoms. The van der Waals surface area contributed by atoms with Gasteiger partial charge in [0.1, 0.15) is 16.4 Å². The van der Waals surface area contributed by atoms with Crippen LogP contribution in [0, 0.1) is 0 Å². The minimum atomic E-state index is -4.35. The third-order valence-corrected chi connectivity index (χ3v) is 2.67. The SMILES string of the molecule is COc1cc(OC)c(S(=O)(=O)O)cc1N. The Morgan fingerprint density at radius 2 is 1.73 bits per heavy atom. The largest absolute Gasteiger partial charge is 0.495 e. The van der Waals surface area contributed by atoms with Crippen LogP contribution in [0.5, 0.6) is 11.5 Å². The van der Waals surface area contributed by atoms with Gasteiger partial charge in [-0.25, -0.2) is 0 Å². The lowest BCUT2D eigenvalue weighted by molar-refractivity contribution is 0.384. The minimum Gasteiger partial charge on any atom is -0.495 e. The summed E-state index contributed by atoms with van der Waals surface area (Å²) in [5, 5.41) is 0. The van der Waals surface area contributed by atoms with E-state index in [1.54, 1.807) is 0 Å². The van der Waals surface area contributed by atoms with E-state index in [4.69, 9.17) is 19.8 Å². The van der Waals surface area contributed by atoms with Gasteiger partial charge in [0.2, 0.25) is 0 Å². The molecule has 15 heavy (non-hydrogen) atoms. The van der Waals surface area contributed by atoms with Crippen molar-refractivity contribution >= 4 is 15.8 Å². The number of anilines is 1. The fourth-order valence-electron chi connectivity index (χ4n) is 1.09. The first kappa shape index (κ1) is 11.6. The van der Waals surface area contributed by atoms with Crippen LogP contribution < -0.4 is 15.2 Å². The van der Waals surface area contributed by atoms with Crippen LogP contribution in [0.1, 0.15) is 0 Å². The lowest BCUT2D eigenvalue weighted by atomic mass is 10.3. The number of rotatable bonds is 3. The lowest BCUT2D eigenvalue weighted by Gasteiger charge is -2.10. The van der Waals surface area contributed by atoms with Gasteiger partial charge in [0.15, 0.2) is 0 Å². The lowest BCUT2D eigenvalue weighted by Crippen LogP contribution is -2.04. The Morgan fingerprint density at radius 3 is 2.13 bits per heavy atom. The van der Waals surface area contributed by atoms with Gasteiger partial charge in [-0.05, 0) is 6.07 Å². The molecule has 0 amide bonds. The molecule has 0 radical (unpaired) electrons. The highest BCUT2D eigenvalue weighted by Gasteiger charge is 2.19. The molecule has 1 aromatic rings. The summed E-state index contributed by atoms with van der Waals surface area (Å²) in [4.78, 5) is -0.386. The standard InChI is InChI=1S/C8H11NO5S/c1-13-6-4-7(14-2)8(3-5(6)9)15(10,11)12/h3-4H,9H2,1-2H3,(H,10,11,12). The van der Waals surface area contributed by atoms with Crippen LogP contribution in [0.15, 0.2) is 17.0 Å². The molecule has 0 aromatic heterocycles. The van der Waals surface area contributed by atoms with E-state index in [1.807, 2.05) is 0 Å². The smallest absolute Gasteiger partial charge is 0.298 e. The Kier molecular flexibility index (Phi) is 3.06. The molecule has 0 unspecified atom stereocenters. The van der Waals surface area contributed by atoms with Crippen LogP contribution in [0.4, 0.5) is 5.69 Å². The molecule has 1 aromatic carbocycles. The van der Waals surface area contributed by atoms with Gasteiger partial charge in [-0.15, -0.1) is 0 Å². The van der Waals surface area contributed by atoms with Gasteiger partial charge in [0.25, 0.3) is 10.1 Å². The molecule has 0 heterocycles. The topological polar surface area (TPSA) is 98.8 Å². The molecule has 0 aliphatic rings. The zero-order valence-corrected chi connectivity index (χ0v) is 9.04. The van der Waals surface area contributed by atoms with Crippen molar-refractivity contribution in [2.24, 2.45) is 0 Å². The first-order valence-corrected chi connectivity index (χ1v) is 5.33. The predicted octanol–water partition coefficient (Wildman–Crippen LogP) is 0.533. The molecule has 0 aliphatic carbocycles. The van der Waals surface area contributed by atoms with Crippen molar-refractivity contribution in [3.8, 4) is 11.5 Å². The van der Waals surface area contributed by atoms with Gasteiger partial charge in [0.05, 0.1) is 19.9 Å². The molecule has 0 aliphatic heterocycles. The van der Waals surface area contributed by atoms with Crippen LogP contribution in [0.3, 0.4) is 0 Å². The van der Waals surface area contributed by atoms with Crippen LogP contribution in [-0.2, 0) is 10.1 Å². The minimum absolute atomic E-state index is 0.0245. The summed E-state index contributed by atoms with van der Waals surface area (Å²) in [6.07, 6.45) is 0. The Morgan fingerprint density at radius 1 is 1.20 bits per heavy atom. The Balaban J connectivity index is 3.48. The number of benzene rings is 1. The van der Waals surface area contributed by atoms with Gasteiger partial charge < -0.3 is 15.2 Å². The van der Waals surface area contributed by atoms with Crippen molar-refractivity contribution in [3.63, 3.8) is 0 Å². The summed E-state index contributed by atoms with van der Waals surface area (Å²) in [6, 6.07) is 2.37. The molecular formula is C8H11NO5S. The van der Waals surface area contributed by atoms with Crippen molar-refractivity contribution in [2.75, 3.05) is 20.0 Å². The molecule has 0 atom stereocenters. The van der Waals surface area contributed by atoms with Gasteiger partial charge in [-0.3, -0.25) is 4.55 Å². The number of methoxy groups -OCH3 is 2. The maximum absolute atomic E-state index is 10.9. The van der Waals surface area contributed by atoms with Crippen LogP contribution >= 0.6 is 0 Å². The van der Waals surface area contributed by atoms with Crippen molar-refractivity contribution in [3.05, 3.63) is 12.1 Å². The average molecular weight is 233 g/mol. The van der Waals surface area contributed by atoms with E-state index in [0.717, 1.165) is 6.07 Å². The first-order chi connectivity index (χ1) is 6.90. The van der Waals surface area contributed by atoms with Crippen molar-refractivity contribution in [2.45, 2.75) is 4.90 Å². The molecule has 7 heteroatoms. The number of hydrogen-bond acceptors (Lipinski definition) is 5. The Hall–Kier alpha value is -1.47. The molecule has 0 spiro atoms. The molecule has 3 N–H and O–H groups in total. The highest BCUT2D eigenvalue weighted by Crippen LogP contribution is 2.33. The summed E-state index contributed by atoms with van der Waals surface area (Å²) < 4.78 is 40.4. The number of nitrogens with two attached hydrogens (primary N) is 1. The van der Waals surface area contributed by atoms with Crippen molar-refractivity contribution < 1.29 is 22.4 Å². The van der Waals surface area contributed by atoms with Crippen molar-refractivity contribution in [1.82, 2.24) is 0 Å². The molecule has 6 nitrogen and oxygen atoms in total. The highest BCUT2D eigenvalue weighted by atomic mass is 32.2. The maximum Gasteiger partial charge on any atom is 0.298 e. The number of nitrogen functional groups attached to an aromatic ring is 1. The summed E-state index contributed by atoms with van der Waals surface area (Å²) >= 11 is 0. The number of hydrogen-bond donors (Lipinski definition) is 2. The van der Waals surface area contributed by atoms with Crippen LogP contribution in [-0.4, -0.2) is 27.2 Å². The van der Waals surface area contributed by atoms with E-state index in [1.165, 1.54) is 20.3 Å². The summed E-state index contributed by atoms with van der Waals surface area (Å²) in [7, 11) is -1.69. The number of ether oxygens (including phenoxy) is 2. The quantitative estimate of drug-likeness (QED) is 0.583. The van der Waals surface area contributed by atoms with E-state index in [-0.39, 0.29) is 22.1 Å². The van der Waals surface area contributed by atoms with Gasteiger partial charge in [-0.1, -0.05) is 0 Å². The molecule has 0 saturated carbocycles. The normalized spacial score (nSPS) is 11.1. The second kappa shape index (κ2) is 3.95. The van der Waals surface area contributed by atoms with Gasteiger partial charge in [0, 0.05) is 6.07 Å². The van der Waals surface area contributed by atoms with Crippen molar-refractivity contribution in [1.29, 1.82) is 0 Å². The van der Waals surface area contributed by atoms with Gasteiger partial charge >= 0.3 is 0 Å². The van der Waals surface area contributed by atoms with Gasteiger partial charge in [-0.2, -0.15) is 8.42 Å². The zero-order valence-electron chi connectivity index (χ0n) is 8.22. The fourth-order valence-corrected chi connectivity index (χ4v) is 1.77. The Labute approximate surface area is 87.4 Å². The molecule has 0 fully saturated rings. The molecule has 1 rings (SSSR count). The van der Waals surface area contributed by atoms with E-state index >= 15 is 0 Å². The van der Waals surface area contributed by atoms with E-state index in [9.17, 15) is 8.42 Å². The first-order valence-electron chi connectivity index (χ1n) is 3.89. The van der Waals surface area contributed by atoms with E-state index in [0.29, 0.717) is 0 Å². The van der Waals surface area contributed by atoms with Crippen LogP contribution in [0.25, 0.3) is 0 Å². The third-order valence-electron chi connectivity index (χ3n) is 1.79. The molecular weight excluding hydrogens is 222 g/mol. The summed E-state index contributed by atoms with van der Waals surface area (Å²) in [5.74, 6) is 0.253. The molecule has 0 saturated heterocycles. The highest BCUT2D eigenvalue weighted by molar-refractivity contribution is 7.86. The maximum atomic E-state index is 10.9. The average Bonchev–Trinajstić information content (AvgIpc) is 2.16. The third kappa shape index (κ3) is 2.31. The van der Waals surface area contributed by atoms with E-state index < -0.39 is 10.1 Å². The Bertz CT molecular complexity index is 468. The van der Waals surface area contributed by atoms with E-state index in [2.05, 4.69) is 0 Å². The zero-order chi connectivity index (χ0) is 11.6.